The molecule has 8 nitrogen and oxygen atoms in total. The number of benzene rings is 1. The Morgan fingerprint density at radius 1 is 1.10 bits per heavy atom. The number of aryl methyl sites for hydroxylation is 2. The molecule has 2 aromatic heterocycles. The summed E-state index contributed by atoms with van der Waals surface area (Å²) < 4.78 is 3.92. The molecule has 1 fully saturated rings. The minimum absolute atomic E-state index is 0.0699. The van der Waals surface area contributed by atoms with Crippen LogP contribution in [-0.4, -0.2) is 54.2 Å². The maximum Gasteiger partial charge on any atom is 0.234 e. The Morgan fingerprint density at radius 3 is 2.52 bits per heavy atom. The van der Waals surface area contributed by atoms with Crippen LogP contribution in [0.5, 0.6) is 0 Å². The lowest BCUT2D eigenvalue weighted by atomic mass is 10.2. The molecule has 0 unspecified atom stereocenters. The second-order valence-electron chi connectivity index (χ2n) is 7.96. The van der Waals surface area contributed by atoms with E-state index in [1.165, 1.54) is 30.2 Å². The number of carbonyl (C=O) groups is 1. The molecule has 1 saturated heterocycles. The Labute approximate surface area is 187 Å². The van der Waals surface area contributed by atoms with Gasteiger partial charge in [-0.05, 0) is 45.3 Å². The number of amides is 1. The fraction of sp³-hybridized carbons (Fsp3) is 0.455. The van der Waals surface area contributed by atoms with E-state index in [0.717, 1.165) is 47.7 Å². The molecular formula is C22H29N7OS. The van der Waals surface area contributed by atoms with Crippen LogP contribution in [-0.2, 0) is 24.9 Å². The van der Waals surface area contributed by atoms with Gasteiger partial charge in [0.1, 0.15) is 5.82 Å². The number of aromatic nitrogens is 5. The molecule has 3 heterocycles. The summed E-state index contributed by atoms with van der Waals surface area (Å²) in [7, 11) is 1.88. The largest absolute Gasteiger partial charge is 0.322 e. The van der Waals surface area contributed by atoms with Gasteiger partial charge in [-0.15, -0.1) is 10.2 Å². The maximum absolute atomic E-state index is 12.6. The molecule has 1 aliphatic rings. The van der Waals surface area contributed by atoms with E-state index in [9.17, 15) is 4.79 Å². The number of hydrogen-bond donors (Lipinski definition) is 1. The van der Waals surface area contributed by atoms with E-state index in [-0.39, 0.29) is 11.7 Å². The molecule has 1 aliphatic heterocycles. The number of nitrogens with zero attached hydrogens (tertiary/aromatic N) is 6. The molecule has 0 aliphatic carbocycles. The van der Waals surface area contributed by atoms with Crippen molar-refractivity contribution in [2.75, 3.05) is 24.2 Å². The molecule has 4 rings (SSSR count). The lowest BCUT2D eigenvalue weighted by Gasteiger charge is -2.16. The van der Waals surface area contributed by atoms with Crippen molar-refractivity contribution in [3.8, 4) is 0 Å². The summed E-state index contributed by atoms with van der Waals surface area (Å²) >= 11 is 1.42. The Morgan fingerprint density at radius 2 is 1.84 bits per heavy atom. The van der Waals surface area contributed by atoms with Crippen LogP contribution in [0.1, 0.15) is 35.6 Å². The fourth-order valence-corrected chi connectivity index (χ4v) is 4.63. The second kappa shape index (κ2) is 9.65. The van der Waals surface area contributed by atoms with Gasteiger partial charge < -0.3 is 9.88 Å². The van der Waals surface area contributed by atoms with Gasteiger partial charge >= 0.3 is 0 Å². The summed E-state index contributed by atoms with van der Waals surface area (Å²) in [5.41, 5.74) is 3.74. The number of rotatable bonds is 8. The summed E-state index contributed by atoms with van der Waals surface area (Å²) in [6, 6.07) is 10.3. The van der Waals surface area contributed by atoms with E-state index >= 15 is 0 Å². The fourth-order valence-electron chi connectivity index (χ4n) is 3.87. The first-order chi connectivity index (χ1) is 15.0. The average molecular weight is 440 g/mol. The van der Waals surface area contributed by atoms with E-state index in [0.29, 0.717) is 6.54 Å². The molecule has 0 radical (unpaired) electrons. The Hall–Kier alpha value is -2.65. The highest BCUT2D eigenvalue weighted by Gasteiger charge is 2.20. The summed E-state index contributed by atoms with van der Waals surface area (Å²) in [4.78, 5) is 15.0. The third-order valence-electron chi connectivity index (χ3n) is 5.65. The van der Waals surface area contributed by atoms with Gasteiger partial charge in [-0.3, -0.25) is 14.4 Å². The van der Waals surface area contributed by atoms with Crippen LogP contribution < -0.4 is 5.32 Å². The zero-order chi connectivity index (χ0) is 21.8. The maximum atomic E-state index is 12.6. The van der Waals surface area contributed by atoms with Crippen LogP contribution in [0.25, 0.3) is 0 Å². The van der Waals surface area contributed by atoms with Gasteiger partial charge in [0.2, 0.25) is 5.91 Å². The predicted octanol–water partition coefficient (Wildman–Crippen LogP) is 3.00. The quantitative estimate of drug-likeness (QED) is 0.544. The van der Waals surface area contributed by atoms with Crippen molar-refractivity contribution in [3.05, 3.63) is 53.1 Å². The predicted molar refractivity (Wildman–Crippen MR) is 122 cm³/mol. The van der Waals surface area contributed by atoms with Gasteiger partial charge in [0.15, 0.2) is 5.16 Å². The van der Waals surface area contributed by atoms with Gasteiger partial charge in [-0.2, -0.15) is 5.10 Å². The summed E-state index contributed by atoms with van der Waals surface area (Å²) in [6.45, 7) is 7.54. The van der Waals surface area contributed by atoms with E-state index in [4.69, 9.17) is 0 Å². The minimum Gasteiger partial charge on any atom is -0.322 e. The first-order valence-corrected chi connectivity index (χ1v) is 11.6. The van der Waals surface area contributed by atoms with E-state index in [1.54, 1.807) is 4.68 Å². The first-order valence-electron chi connectivity index (χ1n) is 10.6. The molecular weight excluding hydrogens is 410 g/mol. The molecule has 0 bridgehead atoms. The van der Waals surface area contributed by atoms with Gasteiger partial charge in [0.25, 0.3) is 0 Å². The molecule has 1 aromatic carbocycles. The number of likely N-dealkylation sites (tertiary alicyclic amines) is 1. The van der Waals surface area contributed by atoms with Crippen LogP contribution in [0.15, 0.2) is 35.5 Å². The van der Waals surface area contributed by atoms with Crippen molar-refractivity contribution in [3.63, 3.8) is 0 Å². The normalized spacial score (nSPS) is 14.3. The summed E-state index contributed by atoms with van der Waals surface area (Å²) in [5, 5.41) is 17.0. The van der Waals surface area contributed by atoms with Crippen LogP contribution in [0.4, 0.5) is 5.69 Å². The lowest BCUT2D eigenvalue weighted by Crippen LogP contribution is -2.22. The standard InChI is InChI=1S/C22H29N7OS/c1-16-21(17(2)27(3)26-16)23-20(30)15-31-22-25-24-19(14-28-11-7-8-12-28)29(22)13-18-9-5-4-6-10-18/h4-6,9-10H,7-8,11-15H2,1-3H3,(H,23,30). The molecule has 164 valence electrons. The van der Waals surface area contributed by atoms with E-state index in [2.05, 4.69) is 42.2 Å². The highest BCUT2D eigenvalue weighted by Crippen LogP contribution is 2.23. The highest BCUT2D eigenvalue weighted by molar-refractivity contribution is 7.99. The Kier molecular flexibility index (Phi) is 6.72. The van der Waals surface area contributed by atoms with Gasteiger partial charge in [-0.25, -0.2) is 0 Å². The third-order valence-corrected chi connectivity index (χ3v) is 6.61. The lowest BCUT2D eigenvalue weighted by molar-refractivity contribution is -0.113. The van der Waals surface area contributed by atoms with E-state index in [1.807, 2.05) is 39.1 Å². The molecule has 1 N–H and O–H groups in total. The minimum atomic E-state index is -0.0699. The summed E-state index contributed by atoms with van der Waals surface area (Å²) in [6.07, 6.45) is 2.48. The number of hydrogen-bond acceptors (Lipinski definition) is 6. The number of nitrogens with one attached hydrogen (secondary N) is 1. The topological polar surface area (TPSA) is 80.9 Å². The SMILES string of the molecule is Cc1nn(C)c(C)c1NC(=O)CSc1nnc(CN2CCCC2)n1Cc1ccccc1. The Bertz CT molecular complexity index is 1040. The van der Waals surface area contributed by atoms with Crippen LogP contribution in [0.3, 0.4) is 0 Å². The highest BCUT2D eigenvalue weighted by atomic mass is 32.2. The number of thioether (sulfide) groups is 1. The van der Waals surface area contributed by atoms with Crippen LogP contribution in [0.2, 0.25) is 0 Å². The molecule has 0 saturated carbocycles. The molecule has 31 heavy (non-hydrogen) atoms. The first kappa shape index (κ1) is 21.6. The van der Waals surface area contributed by atoms with Crippen molar-refractivity contribution >= 4 is 23.4 Å². The molecule has 9 heteroatoms. The van der Waals surface area contributed by atoms with Crippen molar-refractivity contribution in [1.82, 2.24) is 29.4 Å². The van der Waals surface area contributed by atoms with Crippen molar-refractivity contribution in [2.45, 2.75) is 44.9 Å². The Balaban J connectivity index is 1.47. The van der Waals surface area contributed by atoms with Crippen LogP contribution in [0, 0.1) is 13.8 Å². The molecule has 3 aromatic rings. The van der Waals surface area contributed by atoms with Crippen molar-refractivity contribution < 1.29 is 4.79 Å². The van der Waals surface area contributed by atoms with Gasteiger partial charge in [0, 0.05) is 7.05 Å². The van der Waals surface area contributed by atoms with Gasteiger partial charge in [0.05, 0.1) is 35.9 Å². The molecule has 0 atom stereocenters. The monoisotopic (exact) mass is 439 g/mol. The summed E-state index contributed by atoms with van der Waals surface area (Å²) in [5.74, 6) is 1.15. The smallest absolute Gasteiger partial charge is 0.234 e. The molecule has 1 amide bonds. The number of anilines is 1. The van der Waals surface area contributed by atoms with Crippen molar-refractivity contribution in [1.29, 1.82) is 0 Å². The van der Waals surface area contributed by atoms with E-state index < -0.39 is 0 Å². The molecule has 0 spiro atoms. The second-order valence-corrected chi connectivity index (χ2v) is 8.90. The van der Waals surface area contributed by atoms with Gasteiger partial charge in [-0.1, -0.05) is 42.1 Å². The average Bonchev–Trinajstić information content (AvgIpc) is 3.46. The zero-order valence-electron chi connectivity index (χ0n) is 18.3. The third kappa shape index (κ3) is 5.16. The van der Waals surface area contributed by atoms with Crippen molar-refractivity contribution in [2.24, 2.45) is 7.05 Å². The number of carbonyl (C=O) groups excluding carboxylic acids is 1. The zero-order valence-corrected chi connectivity index (χ0v) is 19.2. The van der Waals surface area contributed by atoms with Crippen LogP contribution >= 0.6 is 11.8 Å².